The first-order valence-corrected chi connectivity index (χ1v) is 5.22. The maximum atomic E-state index is 9.85. The molecule has 0 aromatic heterocycles. The second-order valence-electron chi connectivity index (χ2n) is 3.88. The van der Waals surface area contributed by atoms with Crippen LogP contribution < -0.4 is 0 Å². The summed E-state index contributed by atoms with van der Waals surface area (Å²) in [6, 6.07) is 0. The van der Waals surface area contributed by atoms with E-state index in [1.54, 1.807) is 0 Å². The van der Waals surface area contributed by atoms with Gasteiger partial charge in [-0.2, -0.15) is 0 Å². The number of hydrogen-bond donors (Lipinski definition) is 1. The summed E-state index contributed by atoms with van der Waals surface area (Å²) in [6.07, 6.45) is 1.99. The first-order chi connectivity index (χ1) is 6.20. The zero-order valence-corrected chi connectivity index (χ0v) is 8.75. The number of rotatable bonds is 6. The van der Waals surface area contributed by atoms with E-state index in [1.807, 2.05) is 6.92 Å². The molecule has 0 atom stereocenters. The second kappa shape index (κ2) is 4.94. The van der Waals surface area contributed by atoms with Crippen molar-refractivity contribution in [2.45, 2.75) is 32.3 Å². The van der Waals surface area contributed by atoms with Crippen LogP contribution in [0.2, 0.25) is 0 Å². The van der Waals surface area contributed by atoms with Gasteiger partial charge < -0.3 is 9.84 Å². The fraction of sp³-hybridized carbons (Fsp3) is 1.00. The van der Waals surface area contributed by atoms with Gasteiger partial charge in [-0.3, -0.25) is 4.90 Å². The van der Waals surface area contributed by atoms with Gasteiger partial charge in [0.15, 0.2) is 0 Å². The summed E-state index contributed by atoms with van der Waals surface area (Å²) in [4.78, 5) is 2.24. The Hall–Kier alpha value is -0.120. The molecule has 3 heteroatoms. The van der Waals surface area contributed by atoms with Crippen molar-refractivity contribution in [2.24, 2.45) is 0 Å². The lowest BCUT2D eigenvalue weighted by Crippen LogP contribution is -2.62. The van der Waals surface area contributed by atoms with Crippen LogP contribution >= 0.6 is 0 Å². The monoisotopic (exact) mass is 187 g/mol. The molecule has 1 aliphatic rings. The Kier molecular flexibility index (Phi) is 4.16. The first kappa shape index (κ1) is 11.0. The van der Waals surface area contributed by atoms with Gasteiger partial charge in [0.2, 0.25) is 0 Å². The van der Waals surface area contributed by atoms with Crippen LogP contribution in [0.15, 0.2) is 0 Å². The standard InChI is InChI=1S/C10H21NO2/c1-3-5-10(12)8-11(9-10)6-7-13-4-2/h12H,3-9H2,1-2H3. The Balaban J connectivity index is 2.03. The van der Waals surface area contributed by atoms with Crippen molar-refractivity contribution in [3.8, 4) is 0 Å². The molecule has 0 aliphatic carbocycles. The Bertz CT molecular complexity index is 144. The van der Waals surface area contributed by atoms with E-state index in [0.29, 0.717) is 0 Å². The molecule has 1 aliphatic heterocycles. The number of likely N-dealkylation sites (tertiary alicyclic amines) is 1. The number of nitrogens with zero attached hydrogens (tertiary/aromatic N) is 1. The molecule has 0 unspecified atom stereocenters. The third-order valence-electron chi connectivity index (χ3n) is 2.51. The van der Waals surface area contributed by atoms with Crippen molar-refractivity contribution in [3.05, 3.63) is 0 Å². The average Bonchev–Trinajstić information content (AvgIpc) is 2.02. The molecule has 0 saturated carbocycles. The summed E-state index contributed by atoms with van der Waals surface area (Å²) in [6.45, 7) is 8.30. The summed E-state index contributed by atoms with van der Waals surface area (Å²) >= 11 is 0. The molecule has 0 spiro atoms. The van der Waals surface area contributed by atoms with Crippen molar-refractivity contribution < 1.29 is 9.84 Å². The minimum atomic E-state index is -0.388. The van der Waals surface area contributed by atoms with Crippen LogP contribution in [0.25, 0.3) is 0 Å². The van der Waals surface area contributed by atoms with E-state index in [-0.39, 0.29) is 5.60 Å². The molecule has 13 heavy (non-hydrogen) atoms. The average molecular weight is 187 g/mol. The topological polar surface area (TPSA) is 32.7 Å². The first-order valence-electron chi connectivity index (χ1n) is 5.22. The van der Waals surface area contributed by atoms with E-state index in [9.17, 15) is 5.11 Å². The number of aliphatic hydroxyl groups is 1. The van der Waals surface area contributed by atoms with Crippen LogP contribution in [0.3, 0.4) is 0 Å². The Labute approximate surface area is 80.7 Å². The normalized spacial score (nSPS) is 21.5. The van der Waals surface area contributed by atoms with Crippen LogP contribution in [-0.2, 0) is 4.74 Å². The molecule has 0 bridgehead atoms. The van der Waals surface area contributed by atoms with Crippen molar-refractivity contribution in [2.75, 3.05) is 32.8 Å². The molecule has 0 radical (unpaired) electrons. The largest absolute Gasteiger partial charge is 0.387 e. The highest BCUT2D eigenvalue weighted by molar-refractivity contribution is 4.94. The summed E-state index contributed by atoms with van der Waals surface area (Å²) < 4.78 is 5.24. The molecule has 1 saturated heterocycles. The molecule has 1 heterocycles. The zero-order valence-electron chi connectivity index (χ0n) is 8.75. The predicted molar refractivity (Wildman–Crippen MR) is 52.8 cm³/mol. The van der Waals surface area contributed by atoms with E-state index in [0.717, 1.165) is 45.7 Å². The van der Waals surface area contributed by atoms with E-state index < -0.39 is 0 Å². The van der Waals surface area contributed by atoms with Crippen molar-refractivity contribution >= 4 is 0 Å². The van der Waals surface area contributed by atoms with Gasteiger partial charge in [0, 0.05) is 26.2 Å². The van der Waals surface area contributed by atoms with E-state index >= 15 is 0 Å². The van der Waals surface area contributed by atoms with Crippen LogP contribution in [0, 0.1) is 0 Å². The minimum Gasteiger partial charge on any atom is -0.387 e. The van der Waals surface area contributed by atoms with Gasteiger partial charge in [0.25, 0.3) is 0 Å². The van der Waals surface area contributed by atoms with Crippen LogP contribution in [0.1, 0.15) is 26.7 Å². The van der Waals surface area contributed by atoms with E-state index in [4.69, 9.17) is 4.74 Å². The summed E-state index contributed by atoms with van der Waals surface area (Å²) in [5.41, 5.74) is -0.388. The lowest BCUT2D eigenvalue weighted by Gasteiger charge is -2.46. The molecule has 3 nitrogen and oxygen atoms in total. The Morgan fingerprint density at radius 2 is 2.08 bits per heavy atom. The Morgan fingerprint density at radius 1 is 1.38 bits per heavy atom. The van der Waals surface area contributed by atoms with Crippen molar-refractivity contribution in [1.29, 1.82) is 0 Å². The number of hydrogen-bond acceptors (Lipinski definition) is 3. The molecule has 1 rings (SSSR count). The third-order valence-corrected chi connectivity index (χ3v) is 2.51. The highest BCUT2D eigenvalue weighted by Gasteiger charge is 2.39. The lowest BCUT2D eigenvalue weighted by molar-refractivity contribution is -0.108. The smallest absolute Gasteiger partial charge is 0.0900 e. The zero-order chi connectivity index (χ0) is 9.73. The predicted octanol–water partition coefficient (Wildman–Crippen LogP) is 0.870. The van der Waals surface area contributed by atoms with Gasteiger partial charge in [-0.25, -0.2) is 0 Å². The van der Waals surface area contributed by atoms with Crippen molar-refractivity contribution in [3.63, 3.8) is 0 Å². The van der Waals surface area contributed by atoms with E-state index in [2.05, 4.69) is 11.8 Å². The van der Waals surface area contributed by atoms with Crippen molar-refractivity contribution in [1.82, 2.24) is 4.90 Å². The fourth-order valence-electron chi connectivity index (χ4n) is 1.91. The lowest BCUT2D eigenvalue weighted by atomic mass is 9.89. The molecular formula is C10H21NO2. The van der Waals surface area contributed by atoms with Crippen LogP contribution in [-0.4, -0.2) is 48.5 Å². The molecule has 1 N–H and O–H groups in total. The van der Waals surface area contributed by atoms with Gasteiger partial charge in [0.05, 0.1) is 12.2 Å². The SMILES string of the molecule is CCCC1(O)CN(CCOCC)C1. The molecule has 1 fully saturated rings. The van der Waals surface area contributed by atoms with Gasteiger partial charge in [-0.1, -0.05) is 13.3 Å². The van der Waals surface area contributed by atoms with Crippen LogP contribution in [0.4, 0.5) is 0 Å². The highest BCUT2D eigenvalue weighted by Crippen LogP contribution is 2.24. The fourth-order valence-corrected chi connectivity index (χ4v) is 1.91. The molecule has 0 aromatic rings. The van der Waals surface area contributed by atoms with Gasteiger partial charge in [-0.05, 0) is 13.3 Å². The number of ether oxygens (including phenoxy) is 1. The van der Waals surface area contributed by atoms with Crippen LogP contribution in [0.5, 0.6) is 0 Å². The molecule has 0 amide bonds. The van der Waals surface area contributed by atoms with E-state index in [1.165, 1.54) is 0 Å². The van der Waals surface area contributed by atoms with Gasteiger partial charge in [-0.15, -0.1) is 0 Å². The Morgan fingerprint density at radius 3 is 2.62 bits per heavy atom. The quantitative estimate of drug-likeness (QED) is 0.626. The summed E-state index contributed by atoms with van der Waals surface area (Å²) in [7, 11) is 0. The maximum absolute atomic E-state index is 9.85. The second-order valence-corrected chi connectivity index (χ2v) is 3.88. The molecule has 0 aromatic carbocycles. The highest BCUT2D eigenvalue weighted by atomic mass is 16.5. The molecule has 78 valence electrons. The third kappa shape index (κ3) is 3.25. The summed E-state index contributed by atoms with van der Waals surface area (Å²) in [5, 5.41) is 9.85. The van der Waals surface area contributed by atoms with Gasteiger partial charge in [0.1, 0.15) is 0 Å². The molecular weight excluding hydrogens is 166 g/mol. The minimum absolute atomic E-state index is 0.388. The summed E-state index contributed by atoms with van der Waals surface area (Å²) in [5.74, 6) is 0. The number of β-amino-alcohol motifs (C(OH)–C–C–N with tert-alkyl or cyclic N) is 1. The van der Waals surface area contributed by atoms with Gasteiger partial charge >= 0.3 is 0 Å². The maximum Gasteiger partial charge on any atom is 0.0900 e.